The highest BCUT2D eigenvalue weighted by molar-refractivity contribution is 5.48. The third-order valence-electron chi connectivity index (χ3n) is 3.61. The molecule has 22 heavy (non-hydrogen) atoms. The molecule has 0 heterocycles. The van der Waals surface area contributed by atoms with Crippen LogP contribution < -0.4 is 0 Å². The molecule has 2 aromatic carbocycles. The predicted molar refractivity (Wildman–Crippen MR) is 94.6 cm³/mol. The zero-order valence-corrected chi connectivity index (χ0v) is 13.4. The van der Waals surface area contributed by atoms with E-state index < -0.39 is 0 Å². The van der Waals surface area contributed by atoms with E-state index in [9.17, 15) is 0 Å². The van der Waals surface area contributed by atoms with E-state index in [0.717, 1.165) is 24.0 Å². The Bertz CT molecular complexity index is 715. The maximum atomic E-state index is 3.19. The van der Waals surface area contributed by atoms with Gasteiger partial charge < -0.3 is 0 Å². The molecule has 2 aromatic rings. The molecule has 0 saturated heterocycles. The summed E-state index contributed by atoms with van der Waals surface area (Å²) in [5, 5.41) is 0. The summed E-state index contributed by atoms with van der Waals surface area (Å²) in [7, 11) is 0. The van der Waals surface area contributed by atoms with Crippen LogP contribution in [-0.4, -0.2) is 0 Å². The van der Waals surface area contributed by atoms with Crippen LogP contribution in [-0.2, 0) is 12.8 Å². The molecule has 0 aliphatic heterocycles. The van der Waals surface area contributed by atoms with Gasteiger partial charge in [-0.3, -0.25) is 0 Å². The van der Waals surface area contributed by atoms with Crippen LogP contribution in [0.15, 0.2) is 48.5 Å². The third kappa shape index (κ3) is 4.83. The van der Waals surface area contributed by atoms with Crippen LogP contribution in [0.25, 0.3) is 0 Å². The van der Waals surface area contributed by atoms with Crippen molar-refractivity contribution in [3.8, 4) is 23.7 Å². The fraction of sp³-hybridized carbons (Fsp3) is 0.273. The number of rotatable bonds is 4. The van der Waals surface area contributed by atoms with Crippen LogP contribution in [0, 0.1) is 23.7 Å². The van der Waals surface area contributed by atoms with E-state index in [-0.39, 0.29) is 0 Å². The molecular weight excluding hydrogens is 264 g/mol. The van der Waals surface area contributed by atoms with E-state index in [1.807, 2.05) is 30.3 Å². The Morgan fingerprint density at radius 1 is 0.864 bits per heavy atom. The van der Waals surface area contributed by atoms with Gasteiger partial charge in [0.15, 0.2) is 0 Å². The topological polar surface area (TPSA) is 0 Å². The molecule has 0 atom stereocenters. The van der Waals surface area contributed by atoms with Crippen LogP contribution in [0.1, 0.15) is 48.9 Å². The summed E-state index contributed by atoms with van der Waals surface area (Å²) in [5.74, 6) is 12.2. The average Bonchev–Trinajstić information content (AvgIpc) is 2.58. The minimum Gasteiger partial charge on any atom is -0.0654 e. The first-order valence-corrected chi connectivity index (χ1v) is 8.02. The van der Waals surface area contributed by atoms with Crippen molar-refractivity contribution in [1.29, 1.82) is 0 Å². The van der Waals surface area contributed by atoms with Gasteiger partial charge in [-0.05, 0) is 60.4 Å². The lowest BCUT2D eigenvalue weighted by molar-refractivity contribution is 0.794. The van der Waals surface area contributed by atoms with Crippen LogP contribution >= 0.6 is 0 Å². The Morgan fingerprint density at radius 3 is 2.36 bits per heavy atom. The monoisotopic (exact) mass is 286 g/mol. The van der Waals surface area contributed by atoms with Gasteiger partial charge in [0.2, 0.25) is 0 Å². The summed E-state index contributed by atoms with van der Waals surface area (Å²) in [6.07, 6.45) is 4.65. The maximum Gasteiger partial charge on any atom is 0.0287 e. The van der Waals surface area contributed by atoms with Gasteiger partial charge in [-0.2, -0.15) is 0 Å². The molecular formula is C22H22. The fourth-order valence-electron chi connectivity index (χ4n) is 2.32. The van der Waals surface area contributed by atoms with Crippen LogP contribution in [0.4, 0.5) is 0 Å². The molecule has 0 bridgehead atoms. The van der Waals surface area contributed by atoms with E-state index in [4.69, 9.17) is 0 Å². The maximum absolute atomic E-state index is 3.19. The van der Waals surface area contributed by atoms with Crippen molar-refractivity contribution in [3.63, 3.8) is 0 Å². The molecule has 0 aliphatic carbocycles. The second kappa shape index (κ2) is 8.76. The highest BCUT2D eigenvalue weighted by atomic mass is 14.0. The number of unbranched alkanes of at least 4 members (excludes halogenated alkanes) is 1. The summed E-state index contributed by atoms with van der Waals surface area (Å²) in [6, 6.07) is 16.6. The largest absolute Gasteiger partial charge is 0.0654 e. The first-order chi connectivity index (χ1) is 10.8. The molecule has 2 rings (SSSR count). The van der Waals surface area contributed by atoms with Crippen molar-refractivity contribution in [2.75, 3.05) is 0 Å². The Hall–Kier alpha value is -2.44. The van der Waals surface area contributed by atoms with Crippen LogP contribution in [0.3, 0.4) is 0 Å². The van der Waals surface area contributed by atoms with Crippen molar-refractivity contribution in [2.45, 2.75) is 39.5 Å². The van der Waals surface area contributed by atoms with Crippen molar-refractivity contribution in [2.24, 2.45) is 0 Å². The average molecular weight is 286 g/mol. The van der Waals surface area contributed by atoms with Gasteiger partial charge in [0.25, 0.3) is 0 Å². The molecule has 0 radical (unpaired) electrons. The van der Waals surface area contributed by atoms with Gasteiger partial charge in [-0.25, -0.2) is 0 Å². The summed E-state index contributed by atoms with van der Waals surface area (Å²) in [5.41, 5.74) is 4.84. The number of hydrogen-bond acceptors (Lipinski definition) is 0. The van der Waals surface area contributed by atoms with Crippen molar-refractivity contribution in [3.05, 3.63) is 70.8 Å². The smallest absolute Gasteiger partial charge is 0.0287 e. The lowest BCUT2D eigenvalue weighted by atomic mass is 9.99. The SMILES string of the molecule is CCCCc1ccc(C#CC#Cc2ccccc2)c(CC)c1. The summed E-state index contributed by atoms with van der Waals surface area (Å²) >= 11 is 0. The van der Waals surface area contributed by atoms with Crippen molar-refractivity contribution >= 4 is 0 Å². The first-order valence-electron chi connectivity index (χ1n) is 8.02. The number of aryl methyl sites for hydroxylation is 2. The standard InChI is InChI=1S/C22H22/c1-3-5-11-20-16-17-22(21(4-2)18-20)15-10-9-14-19-12-7-6-8-13-19/h6-8,12-13,16-18H,3-5,11H2,1-2H3. The summed E-state index contributed by atoms with van der Waals surface area (Å²) in [4.78, 5) is 0. The van der Waals surface area contributed by atoms with Gasteiger partial charge >= 0.3 is 0 Å². The van der Waals surface area contributed by atoms with Crippen LogP contribution in [0.5, 0.6) is 0 Å². The lowest BCUT2D eigenvalue weighted by Gasteiger charge is -2.05. The van der Waals surface area contributed by atoms with Crippen molar-refractivity contribution in [1.82, 2.24) is 0 Å². The fourth-order valence-corrected chi connectivity index (χ4v) is 2.32. The predicted octanol–water partition coefficient (Wildman–Crippen LogP) is 4.99. The molecule has 0 aromatic heterocycles. The Morgan fingerprint density at radius 2 is 1.64 bits per heavy atom. The Labute approximate surface area is 134 Å². The molecule has 110 valence electrons. The molecule has 0 heteroatoms. The zero-order valence-electron chi connectivity index (χ0n) is 13.4. The number of benzene rings is 2. The van der Waals surface area contributed by atoms with Gasteiger partial charge in [0, 0.05) is 11.1 Å². The summed E-state index contributed by atoms with van der Waals surface area (Å²) in [6.45, 7) is 4.41. The number of hydrogen-bond donors (Lipinski definition) is 0. The molecule has 0 nitrogen and oxygen atoms in total. The minimum absolute atomic E-state index is 1.00. The van der Waals surface area contributed by atoms with E-state index >= 15 is 0 Å². The molecule has 0 N–H and O–H groups in total. The van der Waals surface area contributed by atoms with Gasteiger partial charge in [-0.15, -0.1) is 0 Å². The van der Waals surface area contributed by atoms with Crippen LogP contribution in [0.2, 0.25) is 0 Å². The minimum atomic E-state index is 1.00. The van der Waals surface area contributed by atoms with E-state index in [1.54, 1.807) is 0 Å². The second-order valence-corrected chi connectivity index (χ2v) is 5.31. The van der Waals surface area contributed by atoms with E-state index in [0.29, 0.717) is 0 Å². The quantitative estimate of drug-likeness (QED) is 0.694. The Kier molecular flexibility index (Phi) is 6.35. The zero-order chi connectivity index (χ0) is 15.6. The van der Waals surface area contributed by atoms with Gasteiger partial charge in [0.1, 0.15) is 0 Å². The lowest BCUT2D eigenvalue weighted by Crippen LogP contribution is -1.92. The Balaban J connectivity index is 2.13. The van der Waals surface area contributed by atoms with E-state index in [2.05, 4.69) is 55.7 Å². The molecule has 0 fully saturated rings. The van der Waals surface area contributed by atoms with Crippen molar-refractivity contribution < 1.29 is 0 Å². The normalized spacial score (nSPS) is 9.36. The first kappa shape index (κ1) is 15.9. The summed E-state index contributed by atoms with van der Waals surface area (Å²) < 4.78 is 0. The molecule has 0 unspecified atom stereocenters. The van der Waals surface area contributed by atoms with E-state index in [1.165, 1.54) is 24.0 Å². The molecule has 0 spiro atoms. The molecule has 0 amide bonds. The second-order valence-electron chi connectivity index (χ2n) is 5.31. The highest BCUT2D eigenvalue weighted by Gasteiger charge is 2.00. The molecule has 0 aliphatic rings. The van der Waals surface area contributed by atoms with Gasteiger partial charge in [-0.1, -0.05) is 62.4 Å². The van der Waals surface area contributed by atoms with Gasteiger partial charge in [0.05, 0.1) is 0 Å². The highest BCUT2D eigenvalue weighted by Crippen LogP contribution is 2.14. The third-order valence-corrected chi connectivity index (χ3v) is 3.61. The molecule has 0 saturated carbocycles.